The third-order valence-corrected chi connectivity index (χ3v) is 14.8. The van der Waals surface area contributed by atoms with Gasteiger partial charge in [-0.2, -0.15) is 0 Å². The van der Waals surface area contributed by atoms with Gasteiger partial charge in [-0.15, -0.1) is 0 Å². The first-order chi connectivity index (χ1) is 20.4. The van der Waals surface area contributed by atoms with Crippen LogP contribution in [0, 0.1) is 45.3 Å². The highest BCUT2D eigenvalue weighted by Crippen LogP contribution is 2.87. The minimum absolute atomic E-state index is 0. The monoisotopic (exact) mass is 602 g/mol. The van der Waals surface area contributed by atoms with Crippen LogP contribution in [0.1, 0.15) is 114 Å². The van der Waals surface area contributed by atoms with Crippen LogP contribution in [0.15, 0.2) is 0 Å². The van der Waals surface area contributed by atoms with Gasteiger partial charge in [-0.05, 0) is 144 Å². The first-order valence-corrected chi connectivity index (χ1v) is 18.0. The molecule has 7 nitrogen and oxygen atoms in total. The maximum atomic E-state index is 12.8. The lowest BCUT2D eigenvalue weighted by molar-refractivity contribution is -0.193. The predicted octanol–water partition coefficient (Wildman–Crippen LogP) is 6.42. The quantitative estimate of drug-likeness (QED) is 0.334. The van der Waals surface area contributed by atoms with Gasteiger partial charge in [0.15, 0.2) is 0 Å². The fraction of sp³-hybridized carbons (Fsp3) is 0.972. The van der Waals surface area contributed by atoms with Crippen molar-refractivity contribution < 1.29 is 25.5 Å². The van der Waals surface area contributed by atoms with E-state index < -0.39 is 5.60 Å². The second kappa shape index (κ2) is 10.6. The van der Waals surface area contributed by atoms with Crippen molar-refractivity contribution >= 4 is 6.09 Å². The molecule has 2 spiro atoms. The summed E-state index contributed by atoms with van der Waals surface area (Å²) in [6.45, 7) is 17.7. The van der Waals surface area contributed by atoms with Gasteiger partial charge in [0.1, 0.15) is 12.2 Å². The molecule has 0 aromatic heterocycles. The standard InChI is InChI=1S/C36H60N2O5.H2/c1-7-41-30(33(4,5)40)26-11-9-24-27(42-26)21-25-23-10-12-28-32(2,3)29(43-31(39)37-17-20-38-18-8-19-38)13-14-36(28)22-35(23,36)16-15-34(24,25)6;/h23-30,40H,7-22H2,1-6H3,(H,37,39);1H/t23?,24?,25?,26?,27?,28?,29-,30-,34?,35-,36+;/m0./s1. The number of amides is 1. The number of nitrogens with one attached hydrogen (secondary N) is 1. The average molecular weight is 603 g/mol. The predicted molar refractivity (Wildman–Crippen MR) is 169 cm³/mol. The van der Waals surface area contributed by atoms with Crippen molar-refractivity contribution in [3.63, 3.8) is 0 Å². The number of nitrogens with zero attached hydrogens (tertiary/aromatic N) is 1. The molecule has 246 valence electrons. The van der Waals surface area contributed by atoms with E-state index in [1.807, 2.05) is 20.8 Å². The van der Waals surface area contributed by atoms with Crippen molar-refractivity contribution in [2.45, 2.75) is 142 Å². The van der Waals surface area contributed by atoms with E-state index in [0.717, 1.165) is 44.3 Å². The van der Waals surface area contributed by atoms with Gasteiger partial charge in [0.2, 0.25) is 0 Å². The molecule has 7 aliphatic rings. The summed E-state index contributed by atoms with van der Waals surface area (Å²) in [6.07, 6.45) is 13.3. The fourth-order valence-electron chi connectivity index (χ4n) is 12.7. The fourth-order valence-corrected chi connectivity index (χ4v) is 12.7. The summed E-state index contributed by atoms with van der Waals surface area (Å²) >= 11 is 0. The zero-order valence-electron chi connectivity index (χ0n) is 28.0. The van der Waals surface area contributed by atoms with Crippen molar-refractivity contribution in [2.24, 2.45) is 45.3 Å². The zero-order chi connectivity index (χ0) is 30.4. The molecule has 1 amide bonds. The number of aliphatic hydroxyl groups is 1. The second-order valence-electron chi connectivity index (χ2n) is 17.4. The number of likely N-dealkylation sites (tertiary alicyclic amines) is 1. The molecule has 2 aliphatic heterocycles. The molecule has 7 rings (SSSR count). The lowest BCUT2D eigenvalue weighted by Gasteiger charge is -2.59. The van der Waals surface area contributed by atoms with Crippen LogP contribution >= 0.6 is 0 Å². The molecule has 7 fully saturated rings. The largest absolute Gasteiger partial charge is 0.446 e. The Morgan fingerprint density at radius 1 is 1.05 bits per heavy atom. The minimum Gasteiger partial charge on any atom is -0.446 e. The van der Waals surface area contributed by atoms with Crippen molar-refractivity contribution in [1.29, 1.82) is 0 Å². The number of alkyl carbamates (subject to hydrolysis) is 1. The Bertz CT molecular complexity index is 1080. The Balaban J connectivity index is 0.00000343. The van der Waals surface area contributed by atoms with E-state index in [4.69, 9.17) is 14.2 Å². The van der Waals surface area contributed by atoms with E-state index >= 15 is 0 Å². The lowest BCUT2D eigenvalue weighted by atomic mass is 9.46. The molecule has 5 aliphatic carbocycles. The molecular formula is C36H62N2O5. The van der Waals surface area contributed by atoms with E-state index in [9.17, 15) is 9.90 Å². The Morgan fingerprint density at radius 2 is 1.81 bits per heavy atom. The number of rotatable bonds is 8. The second-order valence-corrected chi connectivity index (χ2v) is 17.4. The van der Waals surface area contributed by atoms with E-state index in [1.54, 1.807) is 0 Å². The number of ether oxygens (including phenoxy) is 3. The smallest absolute Gasteiger partial charge is 0.407 e. The van der Waals surface area contributed by atoms with Crippen molar-refractivity contribution in [3.8, 4) is 0 Å². The molecule has 0 aromatic carbocycles. The van der Waals surface area contributed by atoms with Gasteiger partial charge >= 0.3 is 6.09 Å². The summed E-state index contributed by atoms with van der Waals surface area (Å²) < 4.78 is 19.2. The van der Waals surface area contributed by atoms with E-state index in [2.05, 4.69) is 31.0 Å². The number of hydrogen-bond donors (Lipinski definition) is 2. The SMILES string of the molecule is CCO[C@@H](C1CCC2C(CC3C4CCC5C(C)(C)[C@@H](OC(=O)NCCN6CCC6)CC[C@@]56C[C@@]46CCC23C)O1)C(C)(C)O.[HH]. The summed E-state index contributed by atoms with van der Waals surface area (Å²) in [5.74, 6) is 2.79. The molecule has 0 radical (unpaired) electrons. The average Bonchev–Trinajstić information content (AvgIpc) is 3.49. The molecule has 2 N–H and O–H groups in total. The third-order valence-electron chi connectivity index (χ3n) is 14.8. The van der Waals surface area contributed by atoms with Crippen LogP contribution < -0.4 is 5.32 Å². The normalized spacial score (nSPS) is 47.1. The van der Waals surface area contributed by atoms with E-state index in [-0.39, 0.29) is 31.2 Å². The first-order valence-electron chi connectivity index (χ1n) is 18.0. The number of carbonyl (C=O) groups excluding carboxylic acids is 1. The molecule has 7 unspecified atom stereocenters. The lowest BCUT2D eigenvalue weighted by Crippen LogP contribution is -2.55. The summed E-state index contributed by atoms with van der Waals surface area (Å²) in [7, 11) is 0. The number of carbonyl (C=O) groups is 1. The van der Waals surface area contributed by atoms with Gasteiger partial charge in [-0.3, -0.25) is 0 Å². The highest BCUT2D eigenvalue weighted by atomic mass is 16.6. The van der Waals surface area contributed by atoms with Gasteiger partial charge in [0, 0.05) is 26.5 Å². The van der Waals surface area contributed by atoms with Gasteiger partial charge in [0.25, 0.3) is 0 Å². The Morgan fingerprint density at radius 3 is 2.51 bits per heavy atom. The molecule has 7 heteroatoms. The van der Waals surface area contributed by atoms with Gasteiger partial charge in [-0.25, -0.2) is 4.79 Å². The van der Waals surface area contributed by atoms with Crippen LogP contribution in [0.2, 0.25) is 0 Å². The van der Waals surface area contributed by atoms with Gasteiger partial charge in [0.05, 0.1) is 17.8 Å². The molecule has 5 saturated carbocycles. The molecule has 43 heavy (non-hydrogen) atoms. The summed E-state index contributed by atoms with van der Waals surface area (Å²) in [5.41, 5.74) is 0.383. The molecule has 0 bridgehead atoms. The molecule has 2 saturated heterocycles. The maximum absolute atomic E-state index is 12.8. The highest BCUT2D eigenvalue weighted by molar-refractivity contribution is 5.67. The Kier molecular flexibility index (Phi) is 7.56. The maximum Gasteiger partial charge on any atom is 0.407 e. The van der Waals surface area contributed by atoms with Crippen LogP contribution in [-0.2, 0) is 14.2 Å². The minimum atomic E-state index is -0.907. The Labute approximate surface area is 262 Å². The van der Waals surface area contributed by atoms with Crippen LogP contribution in [0.25, 0.3) is 0 Å². The first kappa shape index (κ1) is 30.7. The van der Waals surface area contributed by atoms with E-state index in [0.29, 0.717) is 47.3 Å². The molecule has 11 atom stereocenters. The molecule has 2 heterocycles. The topological polar surface area (TPSA) is 80.3 Å². The van der Waals surface area contributed by atoms with Crippen LogP contribution in [-0.4, -0.2) is 78.9 Å². The number of hydrogen-bond acceptors (Lipinski definition) is 6. The Hall–Kier alpha value is -0.890. The van der Waals surface area contributed by atoms with Crippen LogP contribution in [0.3, 0.4) is 0 Å². The summed E-state index contributed by atoms with van der Waals surface area (Å²) in [5, 5.41) is 13.9. The van der Waals surface area contributed by atoms with Crippen molar-refractivity contribution in [3.05, 3.63) is 0 Å². The van der Waals surface area contributed by atoms with Gasteiger partial charge in [-0.1, -0.05) is 20.8 Å². The summed E-state index contributed by atoms with van der Waals surface area (Å²) in [4.78, 5) is 15.2. The van der Waals surface area contributed by atoms with Crippen molar-refractivity contribution in [2.75, 3.05) is 32.8 Å². The number of fused-ring (bicyclic) bond motifs is 4. The van der Waals surface area contributed by atoms with E-state index in [1.165, 1.54) is 57.8 Å². The van der Waals surface area contributed by atoms with Gasteiger partial charge < -0.3 is 29.5 Å². The third kappa shape index (κ3) is 4.66. The van der Waals surface area contributed by atoms with Crippen LogP contribution in [0.5, 0.6) is 0 Å². The molecular weight excluding hydrogens is 540 g/mol. The van der Waals surface area contributed by atoms with Crippen LogP contribution in [0.4, 0.5) is 4.79 Å². The highest BCUT2D eigenvalue weighted by Gasteiger charge is 2.81. The molecule has 0 aromatic rings. The zero-order valence-corrected chi connectivity index (χ0v) is 28.0. The van der Waals surface area contributed by atoms with Crippen molar-refractivity contribution in [1.82, 2.24) is 10.2 Å². The summed E-state index contributed by atoms with van der Waals surface area (Å²) in [6, 6.07) is 0.